The molecule has 2 fully saturated rings. The summed E-state index contributed by atoms with van der Waals surface area (Å²) in [6.07, 6.45) is 3.74. The zero-order valence-electron chi connectivity index (χ0n) is 12.2. The van der Waals surface area contributed by atoms with Gasteiger partial charge in [0.1, 0.15) is 11.4 Å². The maximum atomic E-state index is 13.7. The lowest BCUT2D eigenvalue weighted by molar-refractivity contribution is -0.134. The molecule has 3 rings (SSSR count). The van der Waals surface area contributed by atoms with E-state index in [0.717, 1.165) is 31.4 Å². The number of urea groups is 1. The fourth-order valence-electron chi connectivity index (χ4n) is 3.05. The van der Waals surface area contributed by atoms with Gasteiger partial charge in [0.05, 0.1) is 5.56 Å². The molecule has 1 saturated heterocycles. The average Bonchev–Trinajstić information content (AvgIpc) is 2.74. The largest absolute Gasteiger partial charge is 0.344 e. The van der Waals surface area contributed by atoms with Gasteiger partial charge in [-0.15, -0.1) is 0 Å². The van der Waals surface area contributed by atoms with E-state index >= 15 is 0 Å². The van der Waals surface area contributed by atoms with Gasteiger partial charge in [0.25, 0.3) is 11.8 Å². The van der Waals surface area contributed by atoms with Crippen LogP contribution in [0.25, 0.3) is 0 Å². The monoisotopic (exact) mass is 339 g/mol. The Balaban J connectivity index is 1.80. The van der Waals surface area contributed by atoms with Crippen LogP contribution in [0.1, 0.15) is 42.5 Å². The number of hydrogen-bond donors (Lipinski definition) is 2. The van der Waals surface area contributed by atoms with Crippen molar-refractivity contribution in [3.8, 4) is 0 Å². The van der Waals surface area contributed by atoms with Crippen LogP contribution in [0.15, 0.2) is 18.2 Å². The third-order valence-electron chi connectivity index (χ3n) is 4.26. The standard InChI is InChI=1S/C15H15ClFN3O3/c16-9-4-5-11(17)10(8-9)12(21)19-20-13(22)15(18-14(20)23)6-2-1-3-7-15/h4-5,8H,1-3,6-7H2,(H,18,23)(H,19,21). The van der Waals surface area contributed by atoms with Crippen LogP contribution in [-0.4, -0.2) is 28.4 Å². The Hall–Kier alpha value is -2.15. The number of nitrogens with zero attached hydrogens (tertiary/aromatic N) is 1. The van der Waals surface area contributed by atoms with E-state index in [1.54, 1.807) is 0 Å². The molecule has 122 valence electrons. The van der Waals surface area contributed by atoms with Crippen molar-refractivity contribution in [2.24, 2.45) is 0 Å². The summed E-state index contributed by atoms with van der Waals surface area (Å²) in [5.74, 6) is -2.19. The Morgan fingerprint density at radius 1 is 1.26 bits per heavy atom. The minimum atomic E-state index is -0.949. The number of hydrogen-bond acceptors (Lipinski definition) is 3. The Morgan fingerprint density at radius 2 is 1.96 bits per heavy atom. The molecule has 1 heterocycles. The highest BCUT2D eigenvalue weighted by molar-refractivity contribution is 6.31. The van der Waals surface area contributed by atoms with Crippen molar-refractivity contribution in [1.82, 2.24) is 15.8 Å². The minimum absolute atomic E-state index is 0.178. The van der Waals surface area contributed by atoms with Crippen molar-refractivity contribution in [1.29, 1.82) is 0 Å². The number of amides is 4. The molecule has 1 spiro atoms. The average molecular weight is 340 g/mol. The maximum absolute atomic E-state index is 13.7. The predicted octanol–water partition coefficient (Wildman–Crippen LogP) is 2.38. The first-order valence-corrected chi connectivity index (χ1v) is 7.73. The van der Waals surface area contributed by atoms with Crippen molar-refractivity contribution < 1.29 is 18.8 Å². The normalized spacial score (nSPS) is 19.8. The van der Waals surface area contributed by atoms with Gasteiger partial charge in [0.2, 0.25) is 0 Å². The topological polar surface area (TPSA) is 78.5 Å². The van der Waals surface area contributed by atoms with Crippen LogP contribution in [0.2, 0.25) is 5.02 Å². The van der Waals surface area contributed by atoms with Gasteiger partial charge in [0.15, 0.2) is 0 Å². The Labute approximate surface area is 136 Å². The molecule has 4 amide bonds. The molecule has 0 aromatic heterocycles. The van der Waals surface area contributed by atoms with Gasteiger partial charge in [-0.05, 0) is 31.0 Å². The SMILES string of the molecule is O=C(NN1C(=O)NC2(CCCCC2)C1=O)c1cc(Cl)ccc1F. The van der Waals surface area contributed by atoms with Gasteiger partial charge in [-0.3, -0.25) is 15.0 Å². The first-order valence-electron chi connectivity index (χ1n) is 7.36. The fourth-order valence-corrected chi connectivity index (χ4v) is 3.22. The molecule has 8 heteroatoms. The summed E-state index contributed by atoms with van der Waals surface area (Å²) in [7, 11) is 0. The summed E-state index contributed by atoms with van der Waals surface area (Å²) >= 11 is 5.74. The predicted molar refractivity (Wildman–Crippen MR) is 80.1 cm³/mol. The zero-order chi connectivity index (χ0) is 16.6. The minimum Gasteiger partial charge on any atom is -0.322 e. The molecule has 1 saturated carbocycles. The van der Waals surface area contributed by atoms with Crippen molar-refractivity contribution >= 4 is 29.4 Å². The van der Waals surface area contributed by atoms with Crippen LogP contribution in [0.4, 0.5) is 9.18 Å². The highest BCUT2D eigenvalue weighted by Crippen LogP contribution is 2.33. The van der Waals surface area contributed by atoms with Gasteiger partial charge in [-0.25, -0.2) is 9.18 Å². The first kappa shape index (κ1) is 15.7. The summed E-state index contributed by atoms with van der Waals surface area (Å²) in [5, 5.41) is 3.47. The molecule has 1 aliphatic heterocycles. The number of nitrogens with one attached hydrogen (secondary N) is 2. The van der Waals surface area contributed by atoms with E-state index in [0.29, 0.717) is 17.9 Å². The van der Waals surface area contributed by atoms with E-state index in [9.17, 15) is 18.8 Å². The van der Waals surface area contributed by atoms with Crippen LogP contribution >= 0.6 is 11.6 Å². The van der Waals surface area contributed by atoms with Crippen molar-refractivity contribution in [2.75, 3.05) is 0 Å². The van der Waals surface area contributed by atoms with E-state index in [-0.39, 0.29) is 10.6 Å². The second-order valence-corrected chi connectivity index (χ2v) is 6.22. The van der Waals surface area contributed by atoms with Crippen LogP contribution in [0, 0.1) is 5.82 Å². The van der Waals surface area contributed by atoms with Crippen LogP contribution in [-0.2, 0) is 4.79 Å². The molecule has 0 unspecified atom stereocenters. The Bertz CT molecular complexity index is 689. The lowest BCUT2D eigenvalue weighted by Crippen LogP contribution is -2.51. The molecule has 1 aromatic carbocycles. The third kappa shape index (κ3) is 2.76. The highest BCUT2D eigenvalue weighted by atomic mass is 35.5. The molecule has 2 aliphatic rings. The van der Waals surface area contributed by atoms with E-state index < -0.39 is 29.2 Å². The quantitative estimate of drug-likeness (QED) is 0.812. The smallest absolute Gasteiger partial charge is 0.322 e. The second kappa shape index (κ2) is 5.81. The lowest BCUT2D eigenvalue weighted by Gasteiger charge is -2.30. The van der Waals surface area contributed by atoms with Crippen molar-refractivity contribution in [2.45, 2.75) is 37.6 Å². The maximum Gasteiger partial charge on any atom is 0.344 e. The van der Waals surface area contributed by atoms with E-state index in [1.165, 1.54) is 6.07 Å². The number of halogens is 2. The molecular weight excluding hydrogens is 325 g/mol. The summed E-state index contributed by atoms with van der Waals surface area (Å²) in [5.41, 5.74) is 0.889. The molecule has 1 aliphatic carbocycles. The Morgan fingerprint density at radius 3 is 2.65 bits per heavy atom. The van der Waals surface area contributed by atoms with Gasteiger partial charge >= 0.3 is 6.03 Å². The number of imide groups is 1. The van der Waals surface area contributed by atoms with Gasteiger partial charge in [0, 0.05) is 5.02 Å². The van der Waals surface area contributed by atoms with E-state index in [1.807, 2.05) is 0 Å². The van der Waals surface area contributed by atoms with Gasteiger partial charge < -0.3 is 5.32 Å². The Kier molecular flexibility index (Phi) is 3.97. The van der Waals surface area contributed by atoms with E-state index in [4.69, 9.17) is 11.6 Å². The number of benzene rings is 1. The fraction of sp³-hybridized carbons (Fsp3) is 0.400. The molecule has 1 aromatic rings. The third-order valence-corrected chi connectivity index (χ3v) is 4.49. The number of carbonyl (C=O) groups is 3. The van der Waals surface area contributed by atoms with E-state index in [2.05, 4.69) is 10.7 Å². The van der Waals surface area contributed by atoms with Gasteiger partial charge in [-0.1, -0.05) is 30.9 Å². The number of rotatable bonds is 2. The van der Waals surface area contributed by atoms with Crippen LogP contribution in [0.5, 0.6) is 0 Å². The second-order valence-electron chi connectivity index (χ2n) is 5.78. The summed E-state index contributed by atoms with van der Waals surface area (Å²) in [4.78, 5) is 36.7. The molecule has 0 atom stereocenters. The molecule has 2 N–H and O–H groups in total. The van der Waals surface area contributed by atoms with Crippen LogP contribution < -0.4 is 10.7 Å². The first-order chi connectivity index (χ1) is 10.9. The lowest BCUT2D eigenvalue weighted by atomic mass is 9.82. The molecule has 0 bridgehead atoms. The molecule has 6 nitrogen and oxygen atoms in total. The molecule has 0 radical (unpaired) electrons. The highest BCUT2D eigenvalue weighted by Gasteiger charge is 2.52. The van der Waals surface area contributed by atoms with Crippen molar-refractivity contribution in [3.05, 3.63) is 34.6 Å². The number of hydrazine groups is 1. The van der Waals surface area contributed by atoms with Gasteiger partial charge in [-0.2, -0.15) is 5.01 Å². The van der Waals surface area contributed by atoms with Crippen molar-refractivity contribution in [3.63, 3.8) is 0 Å². The molecular formula is C15H15ClFN3O3. The van der Waals surface area contributed by atoms with Crippen LogP contribution in [0.3, 0.4) is 0 Å². The summed E-state index contributed by atoms with van der Waals surface area (Å²) in [6, 6.07) is 2.79. The zero-order valence-corrected chi connectivity index (χ0v) is 13.0. The molecule has 23 heavy (non-hydrogen) atoms. The summed E-state index contributed by atoms with van der Waals surface area (Å²) < 4.78 is 13.7. The summed E-state index contributed by atoms with van der Waals surface area (Å²) in [6.45, 7) is 0. The number of carbonyl (C=O) groups excluding carboxylic acids is 3.